The van der Waals surface area contributed by atoms with E-state index in [-0.39, 0.29) is 23.4 Å². The third-order valence-corrected chi connectivity index (χ3v) is 5.92. The van der Waals surface area contributed by atoms with E-state index in [4.69, 9.17) is 4.74 Å². The van der Waals surface area contributed by atoms with Gasteiger partial charge in [0.05, 0.1) is 5.92 Å². The number of rotatable bonds is 1. The van der Waals surface area contributed by atoms with Gasteiger partial charge in [-0.3, -0.25) is 9.59 Å². The van der Waals surface area contributed by atoms with Crippen LogP contribution >= 0.6 is 0 Å². The highest BCUT2D eigenvalue weighted by Gasteiger charge is 2.63. The summed E-state index contributed by atoms with van der Waals surface area (Å²) in [6.07, 6.45) is 2.87. The lowest BCUT2D eigenvalue weighted by Crippen LogP contribution is -2.58. The molecule has 118 valence electrons. The van der Waals surface area contributed by atoms with E-state index < -0.39 is 11.5 Å². The van der Waals surface area contributed by atoms with Crippen molar-refractivity contribution < 1.29 is 14.3 Å². The second kappa shape index (κ2) is 4.52. The van der Waals surface area contributed by atoms with Crippen LogP contribution in [0.5, 0.6) is 0 Å². The van der Waals surface area contributed by atoms with Crippen LogP contribution in [0.3, 0.4) is 0 Å². The van der Waals surface area contributed by atoms with Crippen molar-refractivity contribution in [3.05, 3.63) is 82.9 Å². The Morgan fingerprint density at radius 2 is 1.38 bits per heavy atom. The van der Waals surface area contributed by atoms with Crippen molar-refractivity contribution in [2.24, 2.45) is 11.8 Å². The SMILES string of the molecule is COC12c3ccccc3C(c3ccccc31)[C@H]1C(=O)C=CC(=O)[C@H]12. The molecule has 3 heteroatoms. The zero-order valence-corrected chi connectivity index (χ0v) is 13.2. The summed E-state index contributed by atoms with van der Waals surface area (Å²) in [4.78, 5) is 25.6. The van der Waals surface area contributed by atoms with E-state index in [1.807, 2.05) is 36.4 Å². The molecular formula is C21H16O3. The highest BCUT2D eigenvalue weighted by atomic mass is 16.5. The standard InChI is InChI=1S/C21H16O3/c1-24-21-14-8-4-2-6-12(14)18(13-7-3-5-9-15(13)21)19-16(22)10-11-17(23)20(19)21/h2-11,18-20H,1H3/t18?,19-,20-,21?/m1/s1. The van der Waals surface area contributed by atoms with Crippen LogP contribution in [0.2, 0.25) is 0 Å². The van der Waals surface area contributed by atoms with Crippen molar-refractivity contribution in [2.45, 2.75) is 11.5 Å². The highest BCUT2D eigenvalue weighted by Crippen LogP contribution is 2.62. The van der Waals surface area contributed by atoms with Crippen LogP contribution < -0.4 is 0 Å². The molecule has 2 bridgehead atoms. The average Bonchev–Trinajstić information content (AvgIpc) is 2.64. The molecule has 0 saturated carbocycles. The maximum absolute atomic E-state index is 12.8. The Kier molecular flexibility index (Phi) is 2.61. The predicted octanol–water partition coefficient (Wildman–Crippen LogP) is 2.98. The zero-order chi connectivity index (χ0) is 16.5. The van der Waals surface area contributed by atoms with Gasteiger partial charge in [-0.2, -0.15) is 0 Å². The van der Waals surface area contributed by atoms with E-state index in [2.05, 4.69) is 12.1 Å². The summed E-state index contributed by atoms with van der Waals surface area (Å²) in [6, 6.07) is 16.1. The van der Waals surface area contributed by atoms with E-state index in [9.17, 15) is 9.59 Å². The number of carbonyl (C=O) groups excluding carboxylic acids is 2. The molecule has 0 aromatic heterocycles. The van der Waals surface area contributed by atoms with E-state index in [0.717, 1.165) is 22.3 Å². The van der Waals surface area contributed by atoms with E-state index in [1.54, 1.807) is 7.11 Å². The van der Waals surface area contributed by atoms with Crippen LogP contribution in [0.1, 0.15) is 28.2 Å². The van der Waals surface area contributed by atoms with Gasteiger partial charge < -0.3 is 4.74 Å². The van der Waals surface area contributed by atoms with Gasteiger partial charge in [-0.1, -0.05) is 48.5 Å². The second-order valence-corrected chi connectivity index (χ2v) is 6.73. The van der Waals surface area contributed by atoms with Crippen molar-refractivity contribution in [1.29, 1.82) is 0 Å². The lowest BCUT2D eigenvalue weighted by Gasteiger charge is -2.56. The first-order chi connectivity index (χ1) is 11.7. The lowest BCUT2D eigenvalue weighted by molar-refractivity contribution is -0.146. The Morgan fingerprint density at radius 1 is 0.833 bits per heavy atom. The van der Waals surface area contributed by atoms with Gasteiger partial charge in [0.1, 0.15) is 5.60 Å². The maximum atomic E-state index is 12.8. The molecule has 0 unspecified atom stereocenters. The van der Waals surface area contributed by atoms with Crippen LogP contribution in [-0.4, -0.2) is 18.7 Å². The summed E-state index contributed by atoms with van der Waals surface area (Å²) >= 11 is 0. The van der Waals surface area contributed by atoms with Gasteiger partial charge in [0.25, 0.3) is 0 Å². The molecular weight excluding hydrogens is 300 g/mol. The monoisotopic (exact) mass is 316 g/mol. The van der Waals surface area contributed by atoms with E-state index in [1.165, 1.54) is 12.2 Å². The first kappa shape index (κ1) is 13.9. The number of hydrogen-bond donors (Lipinski definition) is 0. The van der Waals surface area contributed by atoms with Gasteiger partial charge in [0, 0.05) is 18.9 Å². The average molecular weight is 316 g/mol. The van der Waals surface area contributed by atoms with Gasteiger partial charge in [0.2, 0.25) is 0 Å². The normalized spacial score (nSPS) is 32.3. The Morgan fingerprint density at radius 3 is 1.96 bits per heavy atom. The molecule has 2 aromatic carbocycles. The fourth-order valence-corrected chi connectivity index (χ4v) is 5.12. The Bertz CT molecular complexity index is 877. The smallest absolute Gasteiger partial charge is 0.163 e. The van der Waals surface area contributed by atoms with Crippen molar-refractivity contribution in [1.82, 2.24) is 0 Å². The summed E-state index contributed by atoms with van der Waals surface area (Å²) in [6.45, 7) is 0. The molecule has 0 aliphatic heterocycles. The molecule has 24 heavy (non-hydrogen) atoms. The number of methoxy groups -OCH3 is 1. The molecule has 0 fully saturated rings. The predicted molar refractivity (Wildman–Crippen MR) is 88.7 cm³/mol. The first-order valence-electron chi connectivity index (χ1n) is 8.20. The molecule has 3 nitrogen and oxygen atoms in total. The Balaban J connectivity index is 1.95. The fourth-order valence-electron chi connectivity index (χ4n) is 5.12. The largest absolute Gasteiger partial charge is 0.368 e. The highest BCUT2D eigenvalue weighted by molar-refractivity contribution is 6.09. The molecule has 0 N–H and O–H groups in total. The maximum Gasteiger partial charge on any atom is 0.163 e. The molecule has 4 aliphatic rings. The second-order valence-electron chi connectivity index (χ2n) is 6.73. The van der Waals surface area contributed by atoms with Crippen molar-refractivity contribution >= 4 is 11.6 Å². The third-order valence-electron chi connectivity index (χ3n) is 5.92. The van der Waals surface area contributed by atoms with Gasteiger partial charge in [-0.15, -0.1) is 0 Å². The quantitative estimate of drug-likeness (QED) is 0.812. The molecule has 0 saturated heterocycles. The topological polar surface area (TPSA) is 43.4 Å². The number of ketones is 2. The number of allylic oxidation sites excluding steroid dienone is 2. The summed E-state index contributed by atoms with van der Waals surface area (Å²) in [5.74, 6) is -0.951. The minimum Gasteiger partial charge on any atom is -0.368 e. The molecule has 4 aliphatic carbocycles. The minimum absolute atomic E-state index is 0.0181. The Hall–Kier alpha value is -2.52. The minimum atomic E-state index is -0.885. The summed E-state index contributed by atoms with van der Waals surface area (Å²) in [5, 5.41) is 0. The van der Waals surface area contributed by atoms with Gasteiger partial charge in [0.15, 0.2) is 11.6 Å². The van der Waals surface area contributed by atoms with Crippen molar-refractivity contribution in [2.75, 3.05) is 7.11 Å². The van der Waals surface area contributed by atoms with Crippen LogP contribution in [0.25, 0.3) is 0 Å². The first-order valence-corrected chi connectivity index (χ1v) is 8.20. The van der Waals surface area contributed by atoms with Gasteiger partial charge >= 0.3 is 0 Å². The number of carbonyl (C=O) groups is 2. The van der Waals surface area contributed by atoms with Crippen LogP contribution in [0.15, 0.2) is 60.7 Å². The van der Waals surface area contributed by atoms with E-state index >= 15 is 0 Å². The number of benzene rings is 2. The lowest BCUT2D eigenvalue weighted by atomic mass is 9.49. The van der Waals surface area contributed by atoms with Crippen LogP contribution in [0, 0.1) is 11.8 Å². The summed E-state index contributed by atoms with van der Waals surface area (Å²) < 4.78 is 6.10. The van der Waals surface area contributed by atoms with Gasteiger partial charge in [-0.25, -0.2) is 0 Å². The molecule has 2 aromatic rings. The number of hydrogen-bond acceptors (Lipinski definition) is 3. The fraction of sp³-hybridized carbons (Fsp3) is 0.238. The molecule has 0 spiro atoms. The molecule has 6 rings (SSSR count). The molecule has 0 radical (unpaired) electrons. The van der Waals surface area contributed by atoms with Crippen LogP contribution in [0.4, 0.5) is 0 Å². The summed E-state index contributed by atoms with van der Waals surface area (Å²) in [7, 11) is 1.65. The van der Waals surface area contributed by atoms with E-state index in [0.29, 0.717) is 0 Å². The Labute approximate surface area is 140 Å². The van der Waals surface area contributed by atoms with Gasteiger partial charge in [-0.05, 0) is 34.4 Å². The van der Waals surface area contributed by atoms with Crippen molar-refractivity contribution in [3.63, 3.8) is 0 Å². The van der Waals surface area contributed by atoms with Crippen molar-refractivity contribution in [3.8, 4) is 0 Å². The molecule has 0 amide bonds. The third kappa shape index (κ3) is 1.38. The summed E-state index contributed by atoms with van der Waals surface area (Å²) in [5.41, 5.74) is 3.37. The molecule has 2 atom stereocenters. The van der Waals surface area contributed by atoms with Crippen LogP contribution in [-0.2, 0) is 19.9 Å². The zero-order valence-electron chi connectivity index (χ0n) is 13.2. The number of ether oxygens (including phenoxy) is 1. The molecule has 0 heterocycles.